The van der Waals surface area contributed by atoms with E-state index in [9.17, 15) is 9.59 Å². The van der Waals surface area contributed by atoms with Crippen molar-refractivity contribution >= 4 is 34.4 Å². The van der Waals surface area contributed by atoms with Crippen molar-refractivity contribution in [2.45, 2.75) is 63.5 Å². The third-order valence-corrected chi connectivity index (χ3v) is 7.01. The van der Waals surface area contributed by atoms with Gasteiger partial charge in [-0.05, 0) is 74.1 Å². The maximum Gasteiger partial charge on any atom is 0.303 e. The van der Waals surface area contributed by atoms with Crippen molar-refractivity contribution in [1.82, 2.24) is 20.1 Å². The van der Waals surface area contributed by atoms with Crippen molar-refractivity contribution in [3.63, 3.8) is 0 Å². The van der Waals surface area contributed by atoms with E-state index in [1.165, 1.54) is 18.4 Å². The molecule has 2 aliphatic rings. The van der Waals surface area contributed by atoms with Crippen molar-refractivity contribution in [1.29, 1.82) is 0 Å². The zero-order chi connectivity index (χ0) is 22.9. The molecule has 0 unspecified atom stereocenters. The molecule has 2 heterocycles. The molecule has 0 aliphatic heterocycles. The average molecular weight is 467 g/mol. The van der Waals surface area contributed by atoms with Crippen LogP contribution in [-0.4, -0.2) is 37.8 Å². The Balaban J connectivity index is 1.33. The summed E-state index contributed by atoms with van der Waals surface area (Å²) in [5.41, 5.74) is 3.42. The molecule has 2 fully saturated rings. The van der Waals surface area contributed by atoms with Crippen LogP contribution in [0.3, 0.4) is 0 Å². The smallest absolute Gasteiger partial charge is 0.303 e. The van der Waals surface area contributed by atoms with Gasteiger partial charge in [-0.2, -0.15) is 5.10 Å². The number of aromatic nitrogens is 3. The highest BCUT2D eigenvalue weighted by Crippen LogP contribution is 2.39. The zero-order valence-electron chi connectivity index (χ0n) is 18.3. The minimum atomic E-state index is -0.756. The lowest BCUT2D eigenvalue weighted by Gasteiger charge is -2.28. The predicted octanol–water partition coefficient (Wildman–Crippen LogP) is 4.77. The van der Waals surface area contributed by atoms with Gasteiger partial charge in [0.15, 0.2) is 0 Å². The van der Waals surface area contributed by atoms with Crippen molar-refractivity contribution in [3.8, 4) is 0 Å². The van der Waals surface area contributed by atoms with Crippen molar-refractivity contribution in [2.24, 2.45) is 5.92 Å². The number of halogens is 1. The van der Waals surface area contributed by atoms with Gasteiger partial charge in [0.25, 0.3) is 5.91 Å². The first kappa shape index (κ1) is 21.9. The van der Waals surface area contributed by atoms with E-state index in [2.05, 4.69) is 21.5 Å². The van der Waals surface area contributed by atoms with Gasteiger partial charge in [0.2, 0.25) is 0 Å². The minimum Gasteiger partial charge on any atom is -0.481 e. The van der Waals surface area contributed by atoms with Crippen LogP contribution in [0.25, 0.3) is 10.9 Å². The SMILES string of the molecule is O=C(O)CC1CCC(NC(=O)c2cc(Cl)cc3cnn(Cc4ccc(C5CC5)cn4)c23)CC1. The van der Waals surface area contributed by atoms with Gasteiger partial charge >= 0.3 is 5.97 Å². The normalized spacial score (nSPS) is 20.6. The number of pyridine rings is 1. The number of aliphatic carboxylic acids is 1. The van der Waals surface area contributed by atoms with Gasteiger partial charge in [0, 0.05) is 29.1 Å². The molecule has 7 nitrogen and oxygen atoms in total. The number of rotatable bonds is 7. The van der Waals surface area contributed by atoms with Crippen LogP contribution in [-0.2, 0) is 11.3 Å². The van der Waals surface area contributed by atoms with E-state index >= 15 is 0 Å². The Hall–Kier alpha value is -2.93. The first-order valence-corrected chi connectivity index (χ1v) is 12.0. The van der Waals surface area contributed by atoms with Gasteiger partial charge in [0.05, 0.1) is 29.5 Å². The molecule has 3 aromatic rings. The fraction of sp³-hybridized carbons (Fsp3) is 0.440. The molecule has 172 valence electrons. The number of hydrogen-bond donors (Lipinski definition) is 2. The van der Waals surface area contributed by atoms with E-state index in [1.807, 2.05) is 23.0 Å². The Morgan fingerprint density at radius 2 is 1.88 bits per heavy atom. The number of carbonyl (C=O) groups excluding carboxylic acids is 1. The summed E-state index contributed by atoms with van der Waals surface area (Å²) in [6, 6.07) is 7.71. The maximum atomic E-state index is 13.2. The molecule has 2 aromatic heterocycles. The summed E-state index contributed by atoms with van der Waals surface area (Å²) in [7, 11) is 0. The zero-order valence-corrected chi connectivity index (χ0v) is 19.1. The first-order valence-electron chi connectivity index (χ1n) is 11.6. The Labute approximate surface area is 197 Å². The van der Waals surface area contributed by atoms with Crippen LogP contribution in [0.5, 0.6) is 0 Å². The van der Waals surface area contributed by atoms with E-state index in [0.717, 1.165) is 42.3 Å². The molecule has 5 rings (SSSR count). The third kappa shape index (κ3) is 5.03. The van der Waals surface area contributed by atoms with E-state index < -0.39 is 5.97 Å². The van der Waals surface area contributed by atoms with E-state index in [0.29, 0.717) is 23.0 Å². The van der Waals surface area contributed by atoms with E-state index in [1.54, 1.807) is 12.3 Å². The molecule has 33 heavy (non-hydrogen) atoms. The van der Waals surface area contributed by atoms with Gasteiger partial charge in [-0.1, -0.05) is 17.7 Å². The Kier molecular flexibility index (Phi) is 6.06. The number of amides is 1. The summed E-state index contributed by atoms with van der Waals surface area (Å²) in [6.45, 7) is 0.469. The molecule has 0 radical (unpaired) electrons. The van der Waals surface area contributed by atoms with Crippen LogP contribution in [0.4, 0.5) is 0 Å². The molecule has 0 spiro atoms. The van der Waals surface area contributed by atoms with Gasteiger partial charge in [-0.3, -0.25) is 19.3 Å². The standard InChI is InChI=1S/C25H27ClN4O3/c26-19-10-18-13-28-30(14-21-8-5-17(12-27-21)16-3-4-16)24(18)22(11-19)25(33)29-20-6-1-15(2-7-20)9-23(31)32/h5,8,10-13,15-16,20H,1-4,6-7,9,14H2,(H,29,33)(H,31,32). The number of carboxylic acid groups (broad SMARTS) is 1. The van der Waals surface area contributed by atoms with Crippen LogP contribution >= 0.6 is 11.6 Å². The van der Waals surface area contributed by atoms with Crippen molar-refractivity contribution in [2.75, 3.05) is 0 Å². The molecule has 2 aliphatic carbocycles. The maximum absolute atomic E-state index is 13.2. The molecular formula is C25H27ClN4O3. The van der Waals surface area contributed by atoms with Crippen molar-refractivity contribution < 1.29 is 14.7 Å². The topological polar surface area (TPSA) is 97.1 Å². The minimum absolute atomic E-state index is 0.0320. The molecule has 0 saturated heterocycles. The summed E-state index contributed by atoms with van der Waals surface area (Å²) < 4.78 is 1.81. The quantitative estimate of drug-likeness (QED) is 0.522. The van der Waals surface area contributed by atoms with Crippen LogP contribution in [0, 0.1) is 5.92 Å². The molecule has 0 atom stereocenters. The highest BCUT2D eigenvalue weighted by molar-refractivity contribution is 6.32. The molecule has 1 amide bonds. The lowest BCUT2D eigenvalue weighted by molar-refractivity contribution is -0.138. The highest BCUT2D eigenvalue weighted by Gasteiger charge is 2.26. The molecule has 2 N–H and O–H groups in total. The highest BCUT2D eigenvalue weighted by atomic mass is 35.5. The summed E-state index contributed by atoms with van der Waals surface area (Å²) in [5, 5.41) is 18.0. The third-order valence-electron chi connectivity index (χ3n) is 6.80. The number of nitrogens with zero attached hydrogens (tertiary/aromatic N) is 3. The number of hydrogen-bond acceptors (Lipinski definition) is 4. The number of fused-ring (bicyclic) bond motifs is 1. The Morgan fingerprint density at radius 1 is 1.09 bits per heavy atom. The number of nitrogens with one attached hydrogen (secondary N) is 1. The monoisotopic (exact) mass is 466 g/mol. The molecule has 2 saturated carbocycles. The van der Waals surface area contributed by atoms with Crippen molar-refractivity contribution in [3.05, 3.63) is 58.5 Å². The first-order chi connectivity index (χ1) is 16.0. The van der Waals surface area contributed by atoms with Crippen LogP contribution < -0.4 is 5.32 Å². The van der Waals surface area contributed by atoms with Crippen LogP contribution in [0.1, 0.15) is 72.5 Å². The predicted molar refractivity (Wildman–Crippen MR) is 126 cm³/mol. The lowest BCUT2D eigenvalue weighted by Crippen LogP contribution is -2.38. The molecule has 1 aromatic carbocycles. The van der Waals surface area contributed by atoms with Gasteiger partial charge in [-0.25, -0.2) is 0 Å². The second-order valence-corrected chi connectivity index (χ2v) is 9.78. The van der Waals surface area contributed by atoms with E-state index in [4.69, 9.17) is 16.7 Å². The van der Waals surface area contributed by atoms with Gasteiger partial charge in [-0.15, -0.1) is 0 Å². The molecule has 0 bridgehead atoms. The fourth-order valence-corrected chi connectivity index (χ4v) is 5.08. The number of benzene rings is 1. The van der Waals surface area contributed by atoms with E-state index in [-0.39, 0.29) is 24.3 Å². The lowest BCUT2D eigenvalue weighted by atomic mass is 9.84. The average Bonchev–Trinajstić information content (AvgIpc) is 3.56. The second kappa shape index (κ2) is 9.14. The second-order valence-electron chi connectivity index (χ2n) is 9.34. The summed E-state index contributed by atoms with van der Waals surface area (Å²) in [6.07, 6.45) is 9.54. The fourth-order valence-electron chi connectivity index (χ4n) is 4.85. The summed E-state index contributed by atoms with van der Waals surface area (Å²) in [5.74, 6) is -0.0841. The van der Waals surface area contributed by atoms with Crippen LogP contribution in [0.2, 0.25) is 5.02 Å². The molecular weight excluding hydrogens is 440 g/mol. The Morgan fingerprint density at radius 3 is 2.55 bits per heavy atom. The summed E-state index contributed by atoms with van der Waals surface area (Å²) in [4.78, 5) is 28.8. The van der Waals surface area contributed by atoms with Crippen LogP contribution in [0.15, 0.2) is 36.7 Å². The van der Waals surface area contributed by atoms with Gasteiger partial charge in [0.1, 0.15) is 0 Å². The van der Waals surface area contributed by atoms with Gasteiger partial charge < -0.3 is 10.4 Å². The summed E-state index contributed by atoms with van der Waals surface area (Å²) >= 11 is 6.32. The largest absolute Gasteiger partial charge is 0.481 e. The number of carboxylic acids is 1. The number of carbonyl (C=O) groups is 2. The molecule has 8 heteroatoms. The Bertz CT molecular complexity index is 1180.